The van der Waals surface area contributed by atoms with E-state index in [0.29, 0.717) is 13.1 Å². The lowest BCUT2D eigenvalue weighted by molar-refractivity contribution is -0.123. The second kappa shape index (κ2) is 10.7. The second-order valence-corrected chi connectivity index (χ2v) is 7.27. The van der Waals surface area contributed by atoms with Crippen LogP contribution < -0.4 is 10.6 Å². The minimum absolute atomic E-state index is 0.0366. The lowest BCUT2D eigenvalue weighted by Gasteiger charge is -2.20. The van der Waals surface area contributed by atoms with Gasteiger partial charge in [-0.2, -0.15) is 0 Å². The third-order valence-electron chi connectivity index (χ3n) is 4.43. The van der Waals surface area contributed by atoms with Crippen LogP contribution >= 0.6 is 15.9 Å². The summed E-state index contributed by atoms with van der Waals surface area (Å²) < 4.78 is 0.916. The van der Waals surface area contributed by atoms with Crippen LogP contribution in [-0.2, 0) is 17.6 Å². The van der Waals surface area contributed by atoms with Gasteiger partial charge in [0.2, 0.25) is 5.91 Å². The number of hydrogen-bond acceptors (Lipinski definition) is 4. The average Bonchev–Trinajstić information content (AvgIpc) is 2.73. The van der Waals surface area contributed by atoms with Gasteiger partial charge >= 0.3 is 0 Å². The largest absolute Gasteiger partial charge is 0.354 e. The highest BCUT2D eigenvalue weighted by atomic mass is 79.9. The predicted molar refractivity (Wildman–Crippen MR) is 114 cm³/mol. The fraction of sp³-hybridized carbons (Fsp3) is 0.227. The molecule has 3 aromatic rings. The maximum atomic E-state index is 12.9. The van der Waals surface area contributed by atoms with E-state index < -0.39 is 6.04 Å². The molecule has 2 aromatic heterocycles. The van der Waals surface area contributed by atoms with E-state index in [1.165, 1.54) is 5.56 Å². The zero-order valence-corrected chi connectivity index (χ0v) is 17.1. The monoisotopic (exact) mass is 438 g/mol. The number of amides is 1. The first-order valence-electron chi connectivity index (χ1n) is 9.27. The number of nitrogens with zero attached hydrogens (tertiary/aromatic N) is 2. The zero-order chi connectivity index (χ0) is 19.6. The molecule has 1 amide bonds. The molecular formula is C22H23BrN4O. The van der Waals surface area contributed by atoms with Crippen molar-refractivity contribution >= 4 is 21.8 Å². The quantitative estimate of drug-likeness (QED) is 0.536. The SMILES string of the molecule is O=C(NCCc1cccnc1)[C@@H](NCCc1ccncc1)c1ccccc1Br. The number of benzene rings is 1. The first-order chi connectivity index (χ1) is 13.7. The van der Waals surface area contributed by atoms with Crippen molar-refractivity contribution in [1.29, 1.82) is 0 Å². The maximum Gasteiger partial charge on any atom is 0.241 e. The minimum Gasteiger partial charge on any atom is -0.354 e. The molecule has 0 fully saturated rings. The van der Waals surface area contributed by atoms with Crippen LogP contribution in [0.3, 0.4) is 0 Å². The van der Waals surface area contributed by atoms with Gasteiger partial charge in [-0.1, -0.05) is 40.2 Å². The van der Waals surface area contributed by atoms with E-state index in [9.17, 15) is 4.79 Å². The minimum atomic E-state index is -0.425. The summed E-state index contributed by atoms with van der Waals surface area (Å²) in [5.41, 5.74) is 3.22. The predicted octanol–water partition coefficient (Wildman–Crippen LogP) is 3.47. The first kappa shape index (κ1) is 20.2. The van der Waals surface area contributed by atoms with Crippen molar-refractivity contribution in [2.75, 3.05) is 13.1 Å². The summed E-state index contributed by atoms with van der Waals surface area (Å²) in [5.74, 6) is -0.0366. The number of aromatic nitrogens is 2. The van der Waals surface area contributed by atoms with E-state index in [1.54, 1.807) is 18.6 Å². The van der Waals surface area contributed by atoms with Gasteiger partial charge in [-0.25, -0.2) is 0 Å². The normalized spacial score (nSPS) is 11.8. The molecular weight excluding hydrogens is 416 g/mol. The van der Waals surface area contributed by atoms with Crippen LogP contribution in [0.4, 0.5) is 0 Å². The summed E-state index contributed by atoms with van der Waals surface area (Å²) in [5, 5.41) is 6.44. The number of pyridine rings is 2. The molecule has 28 heavy (non-hydrogen) atoms. The number of rotatable bonds is 9. The lowest BCUT2D eigenvalue weighted by Crippen LogP contribution is -2.39. The van der Waals surface area contributed by atoms with Gasteiger partial charge in [-0.3, -0.25) is 14.8 Å². The fourth-order valence-electron chi connectivity index (χ4n) is 2.94. The van der Waals surface area contributed by atoms with Crippen molar-refractivity contribution < 1.29 is 4.79 Å². The van der Waals surface area contributed by atoms with E-state index in [2.05, 4.69) is 36.5 Å². The molecule has 144 valence electrons. The molecule has 3 rings (SSSR count). The molecule has 0 radical (unpaired) electrons. The van der Waals surface area contributed by atoms with Gasteiger partial charge in [0.15, 0.2) is 0 Å². The zero-order valence-electron chi connectivity index (χ0n) is 15.5. The van der Waals surface area contributed by atoms with Gasteiger partial charge in [-0.05, 0) is 53.8 Å². The summed E-state index contributed by atoms with van der Waals surface area (Å²) in [4.78, 5) is 21.1. The number of carbonyl (C=O) groups is 1. The Hall–Kier alpha value is -2.57. The topological polar surface area (TPSA) is 66.9 Å². The van der Waals surface area contributed by atoms with E-state index in [0.717, 1.165) is 28.4 Å². The van der Waals surface area contributed by atoms with E-state index in [-0.39, 0.29) is 5.91 Å². The summed E-state index contributed by atoms with van der Waals surface area (Å²) in [6, 6.07) is 15.3. The number of nitrogens with one attached hydrogen (secondary N) is 2. The molecule has 2 N–H and O–H groups in total. The van der Waals surface area contributed by atoms with Crippen LogP contribution in [0.5, 0.6) is 0 Å². The van der Waals surface area contributed by atoms with Crippen LogP contribution in [0.25, 0.3) is 0 Å². The summed E-state index contributed by atoms with van der Waals surface area (Å²) in [7, 11) is 0. The van der Waals surface area contributed by atoms with Crippen LogP contribution in [0.2, 0.25) is 0 Å². The molecule has 0 bridgehead atoms. The molecule has 0 saturated carbocycles. The molecule has 0 unspecified atom stereocenters. The average molecular weight is 439 g/mol. The second-order valence-electron chi connectivity index (χ2n) is 6.42. The molecule has 2 heterocycles. The third-order valence-corrected chi connectivity index (χ3v) is 5.15. The van der Waals surface area contributed by atoms with E-state index in [4.69, 9.17) is 0 Å². The van der Waals surface area contributed by atoms with Crippen molar-refractivity contribution in [3.05, 3.63) is 94.5 Å². The summed E-state index contributed by atoms with van der Waals surface area (Å²) in [6.07, 6.45) is 8.71. The molecule has 0 spiro atoms. The van der Waals surface area contributed by atoms with Crippen LogP contribution in [0.15, 0.2) is 77.8 Å². The van der Waals surface area contributed by atoms with Gasteiger partial charge in [-0.15, -0.1) is 0 Å². The Balaban J connectivity index is 1.61. The molecule has 6 heteroatoms. The highest BCUT2D eigenvalue weighted by Gasteiger charge is 2.21. The Bertz CT molecular complexity index is 874. The summed E-state index contributed by atoms with van der Waals surface area (Å²) >= 11 is 3.57. The van der Waals surface area contributed by atoms with Crippen molar-refractivity contribution in [3.63, 3.8) is 0 Å². The molecule has 1 atom stereocenters. The number of carbonyl (C=O) groups excluding carboxylic acids is 1. The lowest BCUT2D eigenvalue weighted by atomic mass is 10.1. The maximum absolute atomic E-state index is 12.9. The first-order valence-corrected chi connectivity index (χ1v) is 10.1. The highest BCUT2D eigenvalue weighted by Crippen LogP contribution is 2.23. The third kappa shape index (κ3) is 5.97. The van der Waals surface area contributed by atoms with Gasteiger partial charge in [0.05, 0.1) is 0 Å². The highest BCUT2D eigenvalue weighted by molar-refractivity contribution is 9.10. The fourth-order valence-corrected chi connectivity index (χ4v) is 3.46. The molecule has 1 aromatic carbocycles. The van der Waals surface area contributed by atoms with Gasteiger partial charge < -0.3 is 10.6 Å². The Morgan fingerprint density at radius 3 is 2.43 bits per heavy atom. The van der Waals surface area contributed by atoms with Crippen LogP contribution in [0.1, 0.15) is 22.7 Å². The van der Waals surface area contributed by atoms with E-state index >= 15 is 0 Å². The van der Waals surface area contributed by atoms with Gasteiger partial charge in [0.25, 0.3) is 0 Å². The molecule has 0 saturated heterocycles. The van der Waals surface area contributed by atoms with Crippen LogP contribution in [0, 0.1) is 0 Å². The van der Waals surface area contributed by atoms with E-state index in [1.807, 2.05) is 54.7 Å². The van der Waals surface area contributed by atoms with Crippen molar-refractivity contribution in [2.45, 2.75) is 18.9 Å². The number of hydrogen-bond donors (Lipinski definition) is 2. The van der Waals surface area contributed by atoms with Crippen molar-refractivity contribution in [3.8, 4) is 0 Å². The Morgan fingerprint density at radius 2 is 1.68 bits per heavy atom. The number of halogens is 1. The van der Waals surface area contributed by atoms with Crippen molar-refractivity contribution in [1.82, 2.24) is 20.6 Å². The Labute approximate surface area is 173 Å². The van der Waals surface area contributed by atoms with Crippen molar-refractivity contribution in [2.24, 2.45) is 0 Å². The van der Waals surface area contributed by atoms with Gasteiger partial charge in [0, 0.05) is 42.3 Å². The van der Waals surface area contributed by atoms with Crippen LogP contribution in [-0.4, -0.2) is 29.0 Å². The molecule has 0 aliphatic heterocycles. The smallest absolute Gasteiger partial charge is 0.241 e. The van der Waals surface area contributed by atoms with Gasteiger partial charge in [0.1, 0.15) is 6.04 Å². The summed E-state index contributed by atoms with van der Waals surface area (Å²) in [6.45, 7) is 1.25. The standard InChI is InChI=1S/C22H23BrN4O/c23-20-6-2-1-5-19(20)21(26-14-9-17-7-12-24-13-8-17)22(28)27-15-10-18-4-3-11-25-16-18/h1-8,11-13,16,21,26H,9-10,14-15H2,(H,27,28)/t21-/m0/s1. The Kier molecular flexibility index (Phi) is 7.70. The molecule has 0 aliphatic rings. The molecule has 0 aliphatic carbocycles. The Morgan fingerprint density at radius 1 is 0.893 bits per heavy atom. The molecule has 5 nitrogen and oxygen atoms in total.